The van der Waals surface area contributed by atoms with Crippen molar-refractivity contribution in [3.05, 3.63) is 63.9 Å². The highest BCUT2D eigenvalue weighted by Gasteiger charge is 2.23. The van der Waals surface area contributed by atoms with E-state index in [0.29, 0.717) is 27.5 Å². The molecule has 1 saturated carbocycles. The molecule has 7 nitrogen and oxygen atoms in total. The fourth-order valence-electron chi connectivity index (χ4n) is 3.34. The van der Waals surface area contributed by atoms with Gasteiger partial charge in [-0.3, -0.25) is 0 Å². The summed E-state index contributed by atoms with van der Waals surface area (Å²) in [6.45, 7) is 0. The van der Waals surface area contributed by atoms with Crippen LogP contribution in [0.4, 0.5) is 11.6 Å². The highest BCUT2D eigenvalue weighted by molar-refractivity contribution is 6.37. The average molecular weight is 445 g/mol. The van der Waals surface area contributed by atoms with Gasteiger partial charge < -0.3 is 15.2 Å². The molecule has 0 atom stereocenters. The van der Waals surface area contributed by atoms with Crippen molar-refractivity contribution < 1.29 is 14.6 Å². The molecular weight excluding hydrogens is 427 g/mol. The van der Waals surface area contributed by atoms with Gasteiger partial charge in [0.2, 0.25) is 5.95 Å². The number of carboxylic acid groups (broad SMARTS) is 1. The SMILES string of the molecule is O=C(O)c1ccc(Nc2nc(Oc3c(Cl)cccc3Cl)nc(C3CCCC3)n2)cc1. The molecule has 0 aliphatic heterocycles. The van der Waals surface area contributed by atoms with E-state index in [4.69, 9.17) is 33.0 Å². The standard InChI is InChI=1S/C21H18Cl2N4O3/c22-15-6-3-7-16(23)17(15)30-21-26-18(12-4-1-2-5-12)25-20(27-21)24-14-10-8-13(9-11-14)19(28)29/h3,6-12H,1-2,4-5H2,(H,28,29)(H,24,25,26,27). The second-order valence-electron chi connectivity index (χ2n) is 6.94. The van der Waals surface area contributed by atoms with Crippen molar-refractivity contribution in [1.82, 2.24) is 15.0 Å². The maximum atomic E-state index is 11.0. The van der Waals surface area contributed by atoms with Gasteiger partial charge in [-0.15, -0.1) is 0 Å². The summed E-state index contributed by atoms with van der Waals surface area (Å²) in [4.78, 5) is 24.4. The van der Waals surface area contributed by atoms with Crippen molar-refractivity contribution in [2.75, 3.05) is 5.32 Å². The minimum Gasteiger partial charge on any atom is -0.478 e. The van der Waals surface area contributed by atoms with E-state index in [9.17, 15) is 4.79 Å². The summed E-state index contributed by atoms with van der Waals surface area (Å²) in [6, 6.07) is 11.5. The third kappa shape index (κ3) is 4.63. The Bertz CT molecular complexity index is 1050. The van der Waals surface area contributed by atoms with Gasteiger partial charge in [-0.25, -0.2) is 4.79 Å². The Morgan fingerprint density at radius 1 is 1.00 bits per heavy atom. The number of hydrogen-bond donors (Lipinski definition) is 2. The van der Waals surface area contributed by atoms with Gasteiger partial charge in [0, 0.05) is 11.6 Å². The number of halogens is 2. The summed E-state index contributed by atoms with van der Waals surface area (Å²) in [5, 5.41) is 12.8. The van der Waals surface area contributed by atoms with Gasteiger partial charge in [0.1, 0.15) is 5.82 Å². The predicted octanol–water partition coefficient (Wildman–Crippen LogP) is 6.07. The number of benzene rings is 2. The highest BCUT2D eigenvalue weighted by Crippen LogP contribution is 2.37. The molecule has 0 unspecified atom stereocenters. The van der Waals surface area contributed by atoms with E-state index in [2.05, 4.69) is 20.3 Å². The molecule has 0 bridgehead atoms. The summed E-state index contributed by atoms with van der Waals surface area (Å²) >= 11 is 12.4. The second-order valence-corrected chi connectivity index (χ2v) is 7.76. The largest absolute Gasteiger partial charge is 0.478 e. The lowest BCUT2D eigenvalue weighted by atomic mass is 10.1. The Balaban J connectivity index is 1.66. The fourth-order valence-corrected chi connectivity index (χ4v) is 3.81. The molecule has 0 radical (unpaired) electrons. The van der Waals surface area contributed by atoms with Crippen LogP contribution in [-0.2, 0) is 0 Å². The quantitative estimate of drug-likeness (QED) is 0.475. The molecule has 3 aromatic rings. The Morgan fingerprint density at radius 2 is 1.67 bits per heavy atom. The molecule has 0 amide bonds. The number of nitrogens with one attached hydrogen (secondary N) is 1. The van der Waals surface area contributed by atoms with E-state index in [-0.39, 0.29) is 23.2 Å². The van der Waals surface area contributed by atoms with Gasteiger partial charge >= 0.3 is 12.0 Å². The number of ether oxygens (including phenoxy) is 1. The molecule has 1 fully saturated rings. The third-order valence-corrected chi connectivity index (χ3v) is 5.45. The van der Waals surface area contributed by atoms with Crippen LogP contribution >= 0.6 is 23.2 Å². The lowest BCUT2D eigenvalue weighted by Gasteiger charge is -2.13. The molecule has 9 heteroatoms. The average Bonchev–Trinajstić information content (AvgIpc) is 3.26. The number of carbonyl (C=O) groups is 1. The van der Waals surface area contributed by atoms with Gasteiger partial charge in [0.15, 0.2) is 5.75 Å². The second kappa shape index (κ2) is 8.85. The van der Waals surface area contributed by atoms with Crippen LogP contribution in [0.5, 0.6) is 11.8 Å². The van der Waals surface area contributed by atoms with Crippen LogP contribution < -0.4 is 10.1 Å². The lowest BCUT2D eigenvalue weighted by molar-refractivity contribution is 0.0697. The first-order chi connectivity index (χ1) is 14.5. The number of rotatable bonds is 6. The van der Waals surface area contributed by atoms with E-state index < -0.39 is 5.97 Å². The summed E-state index contributed by atoms with van der Waals surface area (Å²) in [6.07, 6.45) is 4.26. The van der Waals surface area contributed by atoms with Crippen LogP contribution in [0.3, 0.4) is 0 Å². The summed E-state index contributed by atoms with van der Waals surface area (Å²) in [5.74, 6) is 0.462. The zero-order valence-electron chi connectivity index (χ0n) is 15.8. The first-order valence-corrected chi connectivity index (χ1v) is 10.2. The van der Waals surface area contributed by atoms with Gasteiger partial charge in [0.05, 0.1) is 15.6 Å². The van der Waals surface area contributed by atoms with Crippen LogP contribution in [0.1, 0.15) is 47.8 Å². The monoisotopic (exact) mass is 444 g/mol. The molecule has 1 heterocycles. The predicted molar refractivity (Wildman–Crippen MR) is 114 cm³/mol. The van der Waals surface area contributed by atoms with Gasteiger partial charge in [0.25, 0.3) is 0 Å². The maximum absolute atomic E-state index is 11.0. The van der Waals surface area contributed by atoms with E-state index >= 15 is 0 Å². The lowest BCUT2D eigenvalue weighted by Crippen LogP contribution is -2.08. The summed E-state index contributed by atoms with van der Waals surface area (Å²) in [5.41, 5.74) is 0.838. The minimum atomic E-state index is -0.988. The zero-order valence-corrected chi connectivity index (χ0v) is 17.3. The van der Waals surface area contributed by atoms with Crippen LogP contribution in [0.15, 0.2) is 42.5 Å². The molecule has 2 aromatic carbocycles. The summed E-state index contributed by atoms with van der Waals surface area (Å²) in [7, 11) is 0. The highest BCUT2D eigenvalue weighted by atomic mass is 35.5. The van der Waals surface area contributed by atoms with Crippen molar-refractivity contribution in [2.45, 2.75) is 31.6 Å². The molecule has 154 valence electrons. The van der Waals surface area contributed by atoms with Gasteiger partial charge in [-0.05, 0) is 49.2 Å². The van der Waals surface area contributed by atoms with Crippen LogP contribution in [0, 0.1) is 0 Å². The Kier molecular flexibility index (Phi) is 6.01. The van der Waals surface area contributed by atoms with Crippen molar-refractivity contribution in [3.63, 3.8) is 0 Å². The molecule has 1 aromatic heterocycles. The molecule has 4 rings (SSSR count). The van der Waals surface area contributed by atoms with Gasteiger partial charge in [-0.1, -0.05) is 42.1 Å². The Morgan fingerprint density at radius 3 is 2.30 bits per heavy atom. The Hall–Kier alpha value is -2.90. The molecule has 1 aliphatic carbocycles. The number of aromatic nitrogens is 3. The first-order valence-electron chi connectivity index (χ1n) is 9.48. The number of hydrogen-bond acceptors (Lipinski definition) is 6. The van der Waals surface area contributed by atoms with E-state index in [1.807, 2.05) is 0 Å². The molecular formula is C21H18Cl2N4O3. The van der Waals surface area contributed by atoms with Crippen molar-refractivity contribution in [3.8, 4) is 11.8 Å². The number of nitrogens with zero attached hydrogens (tertiary/aromatic N) is 3. The normalized spacial score (nSPS) is 13.9. The number of para-hydroxylation sites is 1. The molecule has 2 N–H and O–H groups in total. The topological polar surface area (TPSA) is 97.2 Å². The molecule has 1 aliphatic rings. The van der Waals surface area contributed by atoms with Crippen molar-refractivity contribution in [1.29, 1.82) is 0 Å². The van der Waals surface area contributed by atoms with E-state index in [1.165, 1.54) is 12.1 Å². The van der Waals surface area contributed by atoms with Gasteiger partial charge in [-0.2, -0.15) is 15.0 Å². The first kappa shape index (κ1) is 20.4. The maximum Gasteiger partial charge on any atom is 0.335 e. The van der Waals surface area contributed by atoms with E-state index in [1.54, 1.807) is 30.3 Å². The number of carboxylic acids is 1. The fraction of sp³-hybridized carbons (Fsp3) is 0.238. The summed E-state index contributed by atoms with van der Waals surface area (Å²) < 4.78 is 5.83. The van der Waals surface area contributed by atoms with Crippen molar-refractivity contribution >= 4 is 40.8 Å². The minimum absolute atomic E-state index is 0.0894. The van der Waals surface area contributed by atoms with Crippen LogP contribution in [0.25, 0.3) is 0 Å². The Labute approximate surface area is 183 Å². The third-order valence-electron chi connectivity index (χ3n) is 4.85. The number of aromatic carboxylic acids is 1. The molecule has 0 spiro atoms. The number of anilines is 2. The van der Waals surface area contributed by atoms with E-state index in [0.717, 1.165) is 25.7 Å². The van der Waals surface area contributed by atoms with Crippen LogP contribution in [-0.4, -0.2) is 26.0 Å². The van der Waals surface area contributed by atoms with Crippen molar-refractivity contribution in [2.24, 2.45) is 0 Å². The van der Waals surface area contributed by atoms with Crippen LogP contribution in [0.2, 0.25) is 10.0 Å². The molecule has 30 heavy (non-hydrogen) atoms. The smallest absolute Gasteiger partial charge is 0.335 e. The zero-order chi connectivity index (χ0) is 21.1. The molecule has 0 saturated heterocycles.